The number of carboxylic acids is 4. The third kappa shape index (κ3) is 13.9. The zero-order valence-corrected chi connectivity index (χ0v) is 11.3. The summed E-state index contributed by atoms with van der Waals surface area (Å²) in [5.74, 6) is -6.01. The lowest BCUT2D eigenvalue weighted by Gasteiger charge is -2.17. The Bertz CT molecular complexity index is 318. The molecule has 13 nitrogen and oxygen atoms in total. The van der Waals surface area contributed by atoms with Gasteiger partial charge >= 0.3 is 23.9 Å². The van der Waals surface area contributed by atoms with Gasteiger partial charge in [-0.05, 0) is 0 Å². The summed E-state index contributed by atoms with van der Waals surface area (Å²) in [4.78, 5) is 41.9. The van der Waals surface area contributed by atoms with Crippen LogP contribution >= 0.6 is 0 Å². The second kappa shape index (κ2) is 14.1. The molecule has 0 heterocycles. The van der Waals surface area contributed by atoms with Crippen LogP contribution in [-0.4, -0.2) is 56.4 Å². The number of carboxylic acid groups (broad SMARTS) is 4. The maximum Gasteiger partial charge on any atom is 0.321 e. The van der Waals surface area contributed by atoms with Crippen molar-refractivity contribution in [2.75, 3.05) is 0 Å². The van der Waals surface area contributed by atoms with E-state index in [0.717, 1.165) is 0 Å². The fraction of sp³-hybridized carbons (Fsp3) is 0.500. The summed E-state index contributed by atoms with van der Waals surface area (Å²) < 4.78 is 0. The van der Waals surface area contributed by atoms with E-state index in [2.05, 4.69) is 0 Å². The summed E-state index contributed by atoms with van der Waals surface area (Å²) in [5, 5.41) is 36.0. The fourth-order valence-corrected chi connectivity index (χ4v) is 1.03. The van der Waals surface area contributed by atoms with Gasteiger partial charge in [-0.25, -0.2) is 0 Å². The first-order chi connectivity index (χ1) is 7.73. The SMILES string of the molecule is N.N.N.N.O=C(O)CC(NC(CC(=O)O)C(=O)O)C(=O)O. The molecule has 0 aliphatic carbocycles. The number of nitrogens with one attached hydrogen (secondary N) is 1. The Morgan fingerprint density at radius 3 is 1.05 bits per heavy atom. The molecule has 0 spiro atoms. The van der Waals surface area contributed by atoms with Crippen LogP contribution in [-0.2, 0) is 19.2 Å². The number of aliphatic carboxylic acids is 4. The van der Waals surface area contributed by atoms with Crippen molar-refractivity contribution in [3.63, 3.8) is 0 Å². The monoisotopic (exact) mass is 317 g/mol. The lowest BCUT2D eigenvalue weighted by molar-refractivity contribution is -0.150. The molecule has 0 bridgehead atoms. The zero-order chi connectivity index (χ0) is 13.6. The normalized spacial score (nSPS) is 11.0. The molecule has 0 saturated carbocycles. The van der Waals surface area contributed by atoms with Crippen molar-refractivity contribution < 1.29 is 39.6 Å². The summed E-state index contributed by atoms with van der Waals surface area (Å²) in [5.41, 5.74) is 0. The molecule has 0 aliphatic heterocycles. The molecule has 21 heavy (non-hydrogen) atoms. The second-order valence-electron chi connectivity index (χ2n) is 3.14. The summed E-state index contributed by atoms with van der Waals surface area (Å²) in [7, 11) is 0. The molecule has 0 aromatic heterocycles. The molecule has 2 unspecified atom stereocenters. The highest BCUT2D eigenvalue weighted by atomic mass is 16.4. The van der Waals surface area contributed by atoms with E-state index >= 15 is 0 Å². The van der Waals surface area contributed by atoms with Crippen molar-refractivity contribution in [2.24, 2.45) is 0 Å². The molecule has 0 radical (unpaired) electrons. The van der Waals surface area contributed by atoms with Crippen LogP contribution in [0.1, 0.15) is 12.8 Å². The number of carbonyl (C=O) groups is 4. The average molecular weight is 317 g/mol. The van der Waals surface area contributed by atoms with E-state index in [0.29, 0.717) is 0 Å². The van der Waals surface area contributed by atoms with E-state index in [9.17, 15) is 19.2 Å². The highest BCUT2D eigenvalue weighted by Crippen LogP contribution is 2.00. The molecule has 0 saturated heterocycles. The van der Waals surface area contributed by atoms with Crippen LogP contribution < -0.4 is 29.9 Å². The molecular formula is C8H23N5O8. The smallest absolute Gasteiger partial charge is 0.321 e. The van der Waals surface area contributed by atoms with Gasteiger partial charge in [0.1, 0.15) is 12.1 Å². The third-order valence-electron chi connectivity index (χ3n) is 1.76. The largest absolute Gasteiger partial charge is 0.481 e. The molecule has 0 rings (SSSR count). The minimum atomic E-state index is -1.66. The molecule has 0 aromatic carbocycles. The van der Waals surface area contributed by atoms with Gasteiger partial charge in [0.15, 0.2) is 0 Å². The van der Waals surface area contributed by atoms with Crippen LogP contribution in [0.5, 0.6) is 0 Å². The number of hydrogen-bond donors (Lipinski definition) is 9. The lowest BCUT2D eigenvalue weighted by Crippen LogP contribution is -2.48. The Balaban J connectivity index is -0.000000213. The van der Waals surface area contributed by atoms with E-state index < -0.39 is 48.8 Å². The van der Waals surface area contributed by atoms with E-state index in [4.69, 9.17) is 20.4 Å². The molecule has 0 aliphatic rings. The summed E-state index contributed by atoms with van der Waals surface area (Å²) in [6.45, 7) is 0. The van der Waals surface area contributed by atoms with Crippen molar-refractivity contribution in [3.8, 4) is 0 Å². The Kier molecular flexibility index (Phi) is 20.9. The van der Waals surface area contributed by atoms with E-state index in [1.165, 1.54) is 0 Å². The quantitative estimate of drug-likeness (QED) is 0.261. The van der Waals surface area contributed by atoms with Crippen molar-refractivity contribution in [2.45, 2.75) is 24.9 Å². The van der Waals surface area contributed by atoms with E-state index in [1.807, 2.05) is 5.32 Å². The zero-order valence-electron chi connectivity index (χ0n) is 11.3. The van der Waals surface area contributed by atoms with Crippen LogP contribution in [0.2, 0.25) is 0 Å². The third-order valence-corrected chi connectivity index (χ3v) is 1.76. The Morgan fingerprint density at radius 2 is 0.905 bits per heavy atom. The summed E-state index contributed by atoms with van der Waals surface area (Å²) in [6, 6.07) is -3.32. The Hall–Kier alpha value is -2.32. The average Bonchev–Trinajstić information content (AvgIpc) is 2.13. The van der Waals surface area contributed by atoms with Crippen LogP contribution in [0.15, 0.2) is 0 Å². The molecule has 2 atom stereocenters. The number of rotatable bonds is 8. The molecule has 128 valence electrons. The summed E-state index contributed by atoms with van der Waals surface area (Å²) in [6.07, 6.45) is -1.70. The van der Waals surface area contributed by atoms with Crippen LogP contribution in [0.3, 0.4) is 0 Å². The predicted molar refractivity (Wildman–Crippen MR) is 70.6 cm³/mol. The minimum Gasteiger partial charge on any atom is -0.481 e. The Labute approximate surface area is 119 Å². The highest BCUT2D eigenvalue weighted by molar-refractivity contribution is 5.84. The maximum absolute atomic E-state index is 10.6. The first kappa shape index (κ1) is 31.2. The molecule has 0 amide bonds. The van der Waals surface area contributed by atoms with Gasteiger partial charge in [0.25, 0.3) is 0 Å². The van der Waals surface area contributed by atoms with Gasteiger partial charge in [0.05, 0.1) is 12.8 Å². The molecular weight excluding hydrogens is 294 g/mol. The predicted octanol–water partition coefficient (Wildman–Crippen LogP) is -0.920. The van der Waals surface area contributed by atoms with Gasteiger partial charge in [-0.2, -0.15) is 0 Å². The highest BCUT2D eigenvalue weighted by Gasteiger charge is 2.29. The minimum absolute atomic E-state index is 0. The van der Waals surface area contributed by atoms with Gasteiger partial charge in [0.2, 0.25) is 0 Å². The van der Waals surface area contributed by atoms with Crippen molar-refractivity contribution in [1.82, 2.24) is 29.9 Å². The van der Waals surface area contributed by atoms with Crippen molar-refractivity contribution in [1.29, 1.82) is 0 Å². The van der Waals surface area contributed by atoms with Crippen LogP contribution in [0.25, 0.3) is 0 Å². The lowest BCUT2D eigenvalue weighted by atomic mass is 10.1. The summed E-state index contributed by atoms with van der Waals surface area (Å²) >= 11 is 0. The van der Waals surface area contributed by atoms with Crippen molar-refractivity contribution >= 4 is 23.9 Å². The van der Waals surface area contributed by atoms with E-state index in [1.54, 1.807) is 0 Å². The van der Waals surface area contributed by atoms with E-state index in [-0.39, 0.29) is 24.6 Å². The molecule has 17 N–H and O–H groups in total. The standard InChI is InChI=1S/C8H11NO8.4H3N/c10-5(11)1-3(7(14)15)9-4(8(16)17)2-6(12)13;;;;/h3-4,9H,1-2H2,(H,10,11)(H,12,13)(H,14,15)(H,16,17);4*1H3. The topological polar surface area (TPSA) is 301 Å². The second-order valence-corrected chi connectivity index (χ2v) is 3.14. The van der Waals surface area contributed by atoms with Crippen LogP contribution in [0, 0.1) is 0 Å². The molecule has 13 heteroatoms. The fourth-order valence-electron chi connectivity index (χ4n) is 1.03. The first-order valence-corrected chi connectivity index (χ1v) is 4.39. The van der Waals surface area contributed by atoms with Gasteiger partial charge in [-0.1, -0.05) is 0 Å². The first-order valence-electron chi connectivity index (χ1n) is 4.39. The van der Waals surface area contributed by atoms with Gasteiger partial charge in [-0.3, -0.25) is 24.5 Å². The Morgan fingerprint density at radius 1 is 0.667 bits per heavy atom. The van der Waals surface area contributed by atoms with Crippen molar-refractivity contribution in [3.05, 3.63) is 0 Å². The molecule has 0 fully saturated rings. The van der Waals surface area contributed by atoms with Crippen LogP contribution in [0.4, 0.5) is 0 Å². The van der Waals surface area contributed by atoms with Gasteiger partial charge in [0, 0.05) is 0 Å². The maximum atomic E-state index is 10.6. The van der Waals surface area contributed by atoms with Gasteiger partial charge in [-0.15, -0.1) is 0 Å². The van der Waals surface area contributed by atoms with Gasteiger partial charge < -0.3 is 45.0 Å². The molecule has 0 aromatic rings. The number of hydrogen-bond acceptors (Lipinski definition) is 9.